The maximum atomic E-state index is 13.3. The maximum absolute atomic E-state index is 13.3. The van der Waals surface area contributed by atoms with Crippen molar-refractivity contribution < 1.29 is 14.3 Å². The lowest BCUT2D eigenvalue weighted by Crippen LogP contribution is -2.43. The highest BCUT2D eigenvalue weighted by atomic mass is 32.1. The maximum Gasteiger partial charge on any atom is 0.266 e. The SMILES string of the molecule is Cc1nc(C)c(C(=O)N(Cc2nccn2C)CC2COc3ccccc3O2)s1. The van der Waals surface area contributed by atoms with Gasteiger partial charge in [0.05, 0.1) is 23.8 Å². The summed E-state index contributed by atoms with van der Waals surface area (Å²) < 4.78 is 13.8. The van der Waals surface area contributed by atoms with Crippen molar-refractivity contribution in [3.8, 4) is 11.5 Å². The Hall–Kier alpha value is -2.87. The molecule has 8 heteroatoms. The Balaban J connectivity index is 1.57. The van der Waals surface area contributed by atoms with Crippen molar-refractivity contribution in [2.24, 2.45) is 7.05 Å². The summed E-state index contributed by atoms with van der Waals surface area (Å²) in [6, 6.07) is 7.58. The van der Waals surface area contributed by atoms with Crippen LogP contribution in [-0.4, -0.2) is 44.6 Å². The van der Waals surface area contributed by atoms with Crippen molar-refractivity contribution in [3.05, 3.63) is 58.1 Å². The third-order valence-corrected chi connectivity index (χ3v) is 5.69. The molecule has 28 heavy (non-hydrogen) atoms. The third kappa shape index (κ3) is 3.73. The number of benzene rings is 1. The number of amides is 1. The Kier molecular flexibility index (Phi) is 5.04. The first kappa shape index (κ1) is 18.5. The van der Waals surface area contributed by atoms with Gasteiger partial charge < -0.3 is 18.9 Å². The lowest BCUT2D eigenvalue weighted by Gasteiger charge is -2.31. The van der Waals surface area contributed by atoms with Crippen molar-refractivity contribution in [3.63, 3.8) is 0 Å². The van der Waals surface area contributed by atoms with Crippen LogP contribution in [-0.2, 0) is 13.6 Å². The molecule has 0 radical (unpaired) electrons. The number of nitrogens with zero attached hydrogens (tertiary/aromatic N) is 4. The van der Waals surface area contributed by atoms with Crippen LogP contribution in [0.15, 0.2) is 36.7 Å². The second-order valence-electron chi connectivity index (χ2n) is 6.79. The number of fused-ring (bicyclic) bond motifs is 1. The summed E-state index contributed by atoms with van der Waals surface area (Å²) in [7, 11) is 1.92. The molecule has 1 atom stereocenters. The van der Waals surface area contributed by atoms with Gasteiger partial charge in [0.25, 0.3) is 5.91 Å². The van der Waals surface area contributed by atoms with Crippen LogP contribution in [0.3, 0.4) is 0 Å². The monoisotopic (exact) mass is 398 g/mol. The topological polar surface area (TPSA) is 69.5 Å². The zero-order valence-electron chi connectivity index (χ0n) is 16.1. The van der Waals surface area contributed by atoms with Crippen LogP contribution in [0.1, 0.15) is 26.2 Å². The van der Waals surface area contributed by atoms with Gasteiger partial charge in [-0.3, -0.25) is 4.79 Å². The van der Waals surface area contributed by atoms with E-state index in [4.69, 9.17) is 9.47 Å². The molecule has 1 aliphatic rings. The van der Waals surface area contributed by atoms with Crippen molar-refractivity contribution in [1.82, 2.24) is 19.4 Å². The third-order valence-electron chi connectivity index (χ3n) is 4.63. The molecular weight excluding hydrogens is 376 g/mol. The standard InChI is InChI=1S/C20H22N4O3S/c1-13-19(28-14(2)22-13)20(25)24(11-18-21-8-9-23(18)3)10-15-12-26-16-6-4-5-7-17(16)27-15/h4-9,15H,10-12H2,1-3H3. The minimum absolute atomic E-state index is 0.0615. The van der Waals surface area contributed by atoms with Crippen molar-refractivity contribution in [1.29, 1.82) is 0 Å². The summed E-state index contributed by atoms with van der Waals surface area (Å²) in [4.78, 5) is 24.5. The summed E-state index contributed by atoms with van der Waals surface area (Å²) in [5.41, 5.74) is 0.753. The number of thiazole rings is 1. The van der Waals surface area contributed by atoms with E-state index in [0.29, 0.717) is 30.3 Å². The second-order valence-corrected chi connectivity index (χ2v) is 7.99. The fraction of sp³-hybridized carbons (Fsp3) is 0.350. The molecule has 7 nitrogen and oxygen atoms in total. The molecule has 0 N–H and O–H groups in total. The lowest BCUT2D eigenvalue weighted by atomic mass is 10.2. The fourth-order valence-corrected chi connectivity index (χ4v) is 4.10. The van der Waals surface area contributed by atoms with Crippen LogP contribution in [0, 0.1) is 13.8 Å². The van der Waals surface area contributed by atoms with Gasteiger partial charge in [0.1, 0.15) is 17.3 Å². The molecule has 0 fully saturated rings. The molecule has 0 saturated carbocycles. The average Bonchev–Trinajstić information content (AvgIpc) is 3.24. The van der Waals surface area contributed by atoms with E-state index in [2.05, 4.69) is 9.97 Å². The van der Waals surface area contributed by atoms with Crippen LogP contribution in [0.5, 0.6) is 11.5 Å². The van der Waals surface area contributed by atoms with E-state index in [1.165, 1.54) is 11.3 Å². The number of hydrogen-bond acceptors (Lipinski definition) is 6. The number of aryl methyl sites for hydroxylation is 3. The van der Waals surface area contributed by atoms with Crippen molar-refractivity contribution in [2.45, 2.75) is 26.5 Å². The van der Waals surface area contributed by atoms with Gasteiger partial charge in [0, 0.05) is 19.4 Å². The molecule has 0 spiro atoms. The van der Waals surface area contributed by atoms with Gasteiger partial charge in [-0.1, -0.05) is 12.1 Å². The molecule has 3 aromatic rings. The molecule has 1 amide bonds. The first-order valence-electron chi connectivity index (χ1n) is 9.09. The van der Waals surface area contributed by atoms with Gasteiger partial charge in [0.2, 0.25) is 0 Å². The predicted octanol–water partition coefficient (Wildman–Crippen LogP) is 2.98. The number of carbonyl (C=O) groups excluding carboxylic acids is 1. The van der Waals surface area contributed by atoms with Gasteiger partial charge in [0.15, 0.2) is 17.6 Å². The summed E-state index contributed by atoms with van der Waals surface area (Å²) in [5.74, 6) is 2.18. The number of para-hydroxylation sites is 2. The highest BCUT2D eigenvalue weighted by Crippen LogP contribution is 2.31. The van der Waals surface area contributed by atoms with Gasteiger partial charge in [-0.05, 0) is 26.0 Å². The first-order valence-corrected chi connectivity index (χ1v) is 9.91. The van der Waals surface area contributed by atoms with E-state index in [0.717, 1.165) is 22.3 Å². The number of rotatable bonds is 5. The van der Waals surface area contributed by atoms with Crippen LogP contribution >= 0.6 is 11.3 Å². The molecule has 0 bridgehead atoms. The number of aromatic nitrogens is 3. The molecule has 1 aliphatic heterocycles. The molecule has 0 aliphatic carbocycles. The smallest absolute Gasteiger partial charge is 0.266 e. The van der Waals surface area contributed by atoms with Crippen molar-refractivity contribution >= 4 is 17.2 Å². The summed E-state index contributed by atoms with van der Waals surface area (Å²) in [6.07, 6.45) is 3.35. The summed E-state index contributed by atoms with van der Waals surface area (Å²) in [5, 5.41) is 0.879. The fourth-order valence-electron chi connectivity index (χ4n) is 3.21. The normalized spacial score (nSPS) is 15.5. The van der Waals surface area contributed by atoms with E-state index in [-0.39, 0.29) is 12.0 Å². The molecule has 1 aromatic carbocycles. The lowest BCUT2D eigenvalue weighted by molar-refractivity contribution is 0.0439. The average molecular weight is 398 g/mol. The first-order chi connectivity index (χ1) is 13.5. The highest BCUT2D eigenvalue weighted by molar-refractivity contribution is 7.13. The number of hydrogen-bond donors (Lipinski definition) is 0. The molecular formula is C20H22N4O3S. The van der Waals surface area contributed by atoms with E-state index in [9.17, 15) is 4.79 Å². The van der Waals surface area contributed by atoms with Crippen LogP contribution in [0.25, 0.3) is 0 Å². The number of carbonyl (C=O) groups is 1. The molecule has 0 saturated heterocycles. The zero-order valence-corrected chi connectivity index (χ0v) is 16.9. The van der Waals surface area contributed by atoms with Gasteiger partial charge in [-0.2, -0.15) is 0 Å². The summed E-state index contributed by atoms with van der Waals surface area (Å²) in [6.45, 7) is 4.96. The quantitative estimate of drug-likeness (QED) is 0.661. The second kappa shape index (κ2) is 7.63. The Morgan fingerprint density at radius 1 is 1.32 bits per heavy atom. The molecule has 4 rings (SSSR count). The van der Waals surface area contributed by atoms with Crippen LogP contribution in [0.4, 0.5) is 0 Å². The predicted molar refractivity (Wildman–Crippen MR) is 106 cm³/mol. The van der Waals surface area contributed by atoms with E-state index < -0.39 is 0 Å². The molecule has 1 unspecified atom stereocenters. The van der Waals surface area contributed by atoms with Gasteiger partial charge in [-0.25, -0.2) is 9.97 Å². The van der Waals surface area contributed by atoms with Crippen molar-refractivity contribution in [2.75, 3.05) is 13.2 Å². The number of ether oxygens (including phenoxy) is 2. The largest absolute Gasteiger partial charge is 0.486 e. The van der Waals surface area contributed by atoms with E-state index in [1.807, 2.05) is 55.9 Å². The van der Waals surface area contributed by atoms with Crippen LogP contribution < -0.4 is 9.47 Å². The molecule has 3 heterocycles. The number of imidazole rings is 1. The highest BCUT2D eigenvalue weighted by Gasteiger charge is 2.28. The Morgan fingerprint density at radius 2 is 2.11 bits per heavy atom. The molecule has 146 valence electrons. The Morgan fingerprint density at radius 3 is 2.79 bits per heavy atom. The van der Waals surface area contributed by atoms with Gasteiger partial charge in [-0.15, -0.1) is 11.3 Å². The van der Waals surface area contributed by atoms with Crippen LogP contribution in [0.2, 0.25) is 0 Å². The Labute approximate surface area is 167 Å². The minimum atomic E-state index is -0.256. The Bertz CT molecular complexity index is 997. The van der Waals surface area contributed by atoms with Gasteiger partial charge >= 0.3 is 0 Å². The zero-order chi connectivity index (χ0) is 19.7. The van der Waals surface area contributed by atoms with E-state index >= 15 is 0 Å². The van der Waals surface area contributed by atoms with E-state index in [1.54, 1.807) is 11.1 Å². The summed E-state index contributed by atoms with van der Waals surface area (Å²) >= 11 is 1.42. The molecule has 2 aromatic heterocycles. The minimum Gasteiger partial charge on any atom is -0.486 e.